The fraction of sp³-hybridized carbons (Fsp3) is 1.00. The Labute approximate surface area is 101 Å². The first-order valence-corrected chi connectivity index (χ1v) is 7.36. The topological polar surface area (TPSA) is 15.3 Å². The van der Waals surface area contributed by atoms with Crippen LogP contribution >= 0.6 is 0 Å². The van der Waals surface area contributed by atoms with E-state index in [0.29, 0.717) is 0 Å². The summed E-state index contributed by atoms with van der Waals surface area (Å²) >= 11 is 0. The van der Waals surface area contributed by atoms with E-state index >= 15 is 0 Å². The Morgan fingerprint density at radius 3 is 2.69 bits per heavy atom. The highest BCUT2D eigenvalue weighted by molar-refractivity contribution is 4.84. The Morgan fingerprint density at radius 1 is 1.12 bits per heavy atom. The van der Waals surface area contributed by atoms with Gasteiger partial charge in [0, 0.05) is 6.04 Å². The van der Waals surface area contributed by atoms with Crippen LogP contribution in [0.1, 0.15) is 51.9 Å². The minimum Gasteiger partial charge on any atom is -0.314 e. The predicted molar refractivity (Wildman–Crippen MR) is 69.7 cm³/mol. The van der Waals surface area contributed by atoms with E-state index in [1.807, 2.05) is 0 Å². The molecule has 0 spiro atoms. The fourth-order valence-corrected chi connectivity index (χ4v) is 3.34. The van der Waals surface area contributed by atoms with Crippen LogP contribution in [0, 0.1) is 5.92 Å². The summed E-state index contributed by atoms with van der Waals surface area (Å²) in [5.74, 6) is 0.965. The van der Waals surface area contributed by atoms with Crippen LogP contribution in [0.5, 0.6) is 0 Å². The van der Waals surface area contributed by atoms with Gasteiger partial charge in [-0.2, -0.15) is 0 Å². The summed E-state index contributed by atoms with van der Waals surface area (Å²) < 4.78 is 0. The lowest BCUT2D eigenvalue weighted by Gasteiger charge is -2.23. The van der Waals surface area contributed by atoms with E-state index < -0.39 is 0 Å². The first-order valence-electron chi connectivity index (χ1n) is 7.36. The van der Waals surface area contributed by atoms with Crippen LogP contribution in [-0.4, -0.2) is 37.1 Å². The molecule has 0 aromatic rings. The van der Waals surface area contributed by atoms with Crippen molar-refractivity contribution < 1.29 is 0 Å². The van der Waals surface area contributed by atoms with Crippen LogP contribution in [0.3, 0.4) is 0 Å². The summed E-state index contributed by atoms with van der Waals surface area (Å²) in [6.45, 7) is 7.56. The molecule has 0 bridgehead atoms. The van der Waals surface area contributed by atoms with Gasteiger partial charge in [0.15, 0.2) is 0 Å². The number of nitrogens with zero attached hydrogens (tertiary/aromatic N) is 1. The zero-order valence-corrected chi connectivity index (χ0v) is 10.9. The zero-order chi connectivity index (χ0) is 11.2. The first-order chi connectivity index (χ1) is 7.90. The highest BCUT2D eigenvalue weighted by atomic mass is 15.1. The van der Waals surface area contributed by atoms with Gasteiger partial charge in [-0.1, -0.05) is 13.3 Å². The molecule has 1 N–H and O–H groups in total. The van der Waals surface area contributed by atoms with Crippen molar-refractivity contribution in [3.05, 3.63) is 0 Å². The molecule has 0 radical (unpaired) electrons. The van der Waals surface area contributed by atoms with Crippen LogP contribution in [0.15, 0.2) is 0 Å². The van der Waals surface area contributed by atoms with Crippen molar-refractivity contribution in [2.75, 3.05) is 26.2 Å². The second kappa shape index (κ2) is 6.61. The van der Waals surface area contributed by atoms with Crippen LogP contribution in [0.2, 0.25) is 0 Å². The van der Waals surface area contributed by atoms with Crippen molar-refractivity contribution in [3.8, 4) is 0 Å². The quantitative estimate of drug-likeness (QED) is 0.746. The molecule has 1 aliphatic carbocycles. The molecule has 0 aromatic carbocycles. The maximum atomic E-state index is 3.74. The molecular weight excluding hydrogens is 196 g/mol. The Balaban J connectivity index is 1.66. The van der Waals surface area contributed by atoms with Crippen molar-refractivity contribution in [2.45, 2.75) is 57.9 Å². The van der Waals surface area contributed by atoms with Gasteiger partial charge in [0.05, 0.1) is 0 Å². The minimum absolute atomic E-state index is 0.836. The zero-order valence-electron chi connectivity index (χ0n) is 10.9. The Morgan fingerprint density at radius 2 is 1.94 bits per heavy atom. The maximum Gasteiger partial charge on any atom is 0.00958 e. The van der Waals surface area contributed by atoms with Crippen molar-refractivity contribution in [1.29, 1.82) is 0 Å². The number of nitrogens with one attached hydrogen (secondary N) is 1. The van der Waals surface area contributed by atoms with Crippen LogP contribution in [0.4, 0.5) is 0 Å². The number of hydrogen-bond donors (Lipinski definition) is 1. The third-order valence-electron chi connectivity index (χ3n) is 4.33. The van der Waals surface area contributed by atoms with Gasteiger partial charge in [0.1, 0.15) is 0 Å². The van der Waals surface area contributed by atoms with Crippen molar-refractivity contribution in [2.24, 2.45) is 5.92 Å². The summed E-state index contributed by atoms with van der Waals surface area (Å²) in [6.07, 6.45) is 9.91. The fourth-order valence-electron chi connectivity index (χ4n) is 3.34. The monoisotopic (exact) mass is 224 g/mol. The Hall–Kier alpha value is -0.0800. The summed E-state index contributed by atoms with van der Waals surface area (Å²) in [5.41, 5.74) is 0. The molecule has 1 saturated heterocycles. The van der Waals surface area contributed by atoms with Gasteiger partial charge in [0.25, 0.3) is 0 Å². The van der Waals surface area contributed by atoms with E-state index in [0.717, 1.165) is 12.0 Å². The summed E-state index contributed by atoms with van der Waals surface area (Å²) in [6, 6.07) is 0.836. The van der Waals surface area contributed by atoms with Gasteiger partial charge >= 0.3 is 0 Å². The molecule has 0 aromatic heterocycles. The minimum atomic E-state index is 0.836. The highest BCUT2D eigenvalue weighted by Crippen LogP contribution is 2.29. The lowest BCUT2D eigenvalue weighted by Crippen LogP contribution is -2.34. The van der Waals surface area contributed by atoms with Crippen LogP contribution in [-0.2, 0) is 0 Å². The molecule has 0 amide bonds. The van der Waals surface area contributed by atoms with Crippen molar-refractivity contribution >= 4 is 0 Å². The third kappa shape index (κ3) is 3.46. The van der Waals surface area contributed by atoms with E-state index in [1.165, 1.54) is 71.1 Å². The largest absolute Gasteiger partial charge is 0.314 e. The summed E-state index contributed by atoms with van der Waals surface area (Å²) in [7, 11) is 0. The molecule has 2 aliphatic rings. The first kappa shape index (κ1) is 12.4. The van der Waals surface area contributed by atoms with Gasteiger partial charge in [0.2, 0.25) is 0 Å². The summed E-state index contributed by atoms with van der Waals surface area (Å²) in [5, 5.41) is 3.74. The van der Waals surface area contributed by atoms with Crippen LogP contribution < -0.4 is 5.32 Å². The van der Waals surface area contributed by atoms with Gasteiger partial charge in [-0.15, -0.1) is 0 Å². The van der Waals surface area contributed by atoms with E-state index in [1.54, 1.807) is 0 Å². The number of rotatable bonds is 6. The smallest absolute Gasteiger partial charge is 0.00958 e. The van der Waals surface area contributed by atoms with E-state index in [-0.39, 0.29) is 0 Å². The van der Waals surface area contributed by atoms with E-state index in [2.05, 4.69) is 17.1 Å². The molecule has 1 saturated carbocycles. The molecule has 1 aliphatic heterocycles. The van der Waals surface area contributed by atoms with Gasteiger partial charge in [-0.05, 0) is 70.6 Å². The standard InChI is InChI=1S/C14H28N2/c1-2-9-15-14-7-5-6-13(14)8-12-16-10-3-4-11-16/h13-15H,2-12H2,1H3. The molecule has 16 heavy (non-hydrogen) atoms. The molecule has 2 nitrogen and oxygen atoms in total. The van der Waals surface area contributed by atoms with E-state index in [4.69, 9.17) is 0 Å². The normalized spacial score (nSPS) is 31.3. The predicted octanol–water partition coefficient (Wildman–Crippen LogP) is 2.64. The third-order valence-corrected chi connectivity index (χ3v) is 4.33. The lowest BCUT2D eigenvalue weighted by molar-refractivity contribution is 0.282. The molecule has 94 valence electrons. The molecule has 2 fully saturated rings. The molecule has 2 rings (SSSR count). The molecule has 2 unspecified atom stereocenters. The number of likely N-dealkylation sites (tertiary alicyclic amines) is 1. The van der Waals surface area contributed by atoms with Gasteiger partial charge in [-0.25, -0.2) is 0 Å². The maximum absolute atomic E-state index is 3.74. The van der Waals surface area contributed by atoms with Gasteiger partial charge < -0.3 is 10.2 Å². The van der Waals surface area contributed by atoms with E-state index in [9.17, 15) is 0 Å². The Bertz CT molecular complexity index is 187. The second-order valence-electron chi connectivity index (χ2n) is 5.59. The van der Waals surface area contributed by atoms with Crippen molar-refractivity contribution in [3.63, 3.8) is 0 Å². The molecule has 2 atom stereocenters. The lowest BCUT2D eigenvalue weighted by atomic mass is 9.99. The average molecular weight is 224 g/mol. The number of hydrogen-bond acceptors (Lipinski definition) is 2. The molecule has 1 heterocycles. The summed E-state index contributed by atoms with van der Waals surface area (Å²) in [4.78, 5) is 2.66. The van der Waals surface area contributed by atoms with Gasteiger partial charge in [-0.3, -0.25) is 0 Å². The van der Waals surface area contributed by atoms with Crippen LogP contribution in [0.25, 0.3) is 0 Å². The second-order valence-corrected chi connectivity index (χ2v) is 5.59. The highest BCUT2D eigenvalue weighted by Gasteiger charge is 2.26. The average Bonchev–Trinajstić information content (AvgIpc) is 2.94. The van der Waals surface area contributed by atoms with Crippen molar-refractivity contribution in [1.82, 2.24) is 10.2 Å². The SMILES string of the molecule is CCCNC1CCCC1CCN1CCCC1. The molecule has 2 heteroatoms. The Kier molecular flexibility index (Phi) is 5.11. The molecular formula is C14H28N2.